The maximum absolute atomic E-state index is 13.0. The van der Waals surface area contributed by atoms with Gasteiger partial charge in [0.2, 0.25) is 5.91 Å². The first-order valence-corrected chi connectivity index (χ1v) is 12.0. The average Bonchev–Trinajstić information content (AvgIpc) is 3.28. The number of carbonyl (C=O) groups excluding carboxylic acids is 2. The van der Waals surface area contributed by atoms with Gasteiger partial charge in [0.15, 0.2) is 22.2 Å². The van der Waals surface area contributed by atoms with Gasteiger partial charge in [-0.25, -0.2) is 4.98 Å². The Hall–Kier alpha value is -3.30. The van der Waals surface area contributed by atoms with Crippen LogP contribution in [0.2, 0.25) is 5.02 Å². The number of fused-ring (bicyclic) bond motifs is 2. The van der Waals surface area contributed by atoms with Gasteiger partial charge in [0.05, 0.1) is 11.4 Å². The topological polar surface area (TPSA) is 90.0 Å². The Kier molecular flexibility index (Phi) is 5.83. The molecule has 2 aliphatic heterocycles. The largest absolute Gasteiger partial charge is 0.486 e. The lowest BCUT2D eigenvalue weighted by Gasteiger charge is -2.38. The first-order valence-electron chi connectivity index (χ1n) is 10.8. The Morgan fingerprint density at radius 1 is 1.15 bits per heavy atom. The fraction of sp³-hybridized carbons (Fsp3) is 0.292. The summed E-state index contributed by atoms with van der Waals surface area (Å²) in [6, 6.07) is 10.7. The fourth-order valence-electron chi connectivity index (χ4n) is 3.82. The van der Waals surface area contributed by atoms with Gasteiger partial charge >= 0.3 is 0 Å². The monoisotopic (exact) mass is 499 g/mol. The van der Waals surface area contributed by atoms with E-state index in [1.54, 1.807) is 36.9 Å². The van der Waals surface area contributed by atoms with Gasteiger partial charge in [-0.3, -0.25) is 9.59 Å². The van der Waals surface area contributed by atoms with E-state index in [4.69, 9.17) is 25.8 Å². The SMILES string of the molecule is CC1(C)Oc2ccc(Cl)cc2N(CCC(=O)Nc2nc(-c3ccc4c(c3)OCCO4)cs2)C1=O. The molecule has 0 aliphatic carbocycles. The van der Waals surface area contributed by atoms with Gasteiger partial charge in [-0.2, -0.15) is 0 Å². The number of halogens is 1. The van der Waals surface area contributed by atoms with Crippen molar-refractivity contribution in [3.8, 4) is 28.5 Å². The maximum atomic E-state index is 13.0. The number of ether oxygens (including phenoxy) is 3. The van der Waals surface area contributed by atoms with Crippen molar-refractivity contribution in [3.05, 3.63) is 46.8 Å². The van der Waals surface area contributed by atoms with E-state index in [0.29, 0.717) is 46.3 Å². The van der Waals surface area contributed by atoms with Crippen LogP contribution in [0, 0.1) is 0 Å². The number of rotatable bonds is 5. The van der Waals surface area contributed by atoms with Crippen LogP contribution in [-0.2, 0) is 9.59 Å². The van der Waals surface area contributed by atoms with E-state index in [1.165, 1.54) is 11.3 Å². The number of hydrogen-bond donors (Lipinski definition) is 1. The maximum Gasteiger partial charge on any atom is 0.270 e. The zero-order valence-electron chi connectivity index (χ0n) is 18.6. The first kappa shape index (κ1) is 22.5. The molecule has 0 spiro atoms. The Balaban J connectivity index is 1.26. The fourth-order valence-corrected chi connectivity index (χ4v) is 4.73. The summed E-state index contributed by atoms with van der Waals surface area (Å²) in [5.41, 5.74) is 1.12. The summed E-state index contributed by atoms with van der Waals surface area (Å²) < 4.78 is 17.0. The van der Waals surface area contributed by atoms with Crippen LogP contribution in [-0.4, -0.2) is 42.2 Å². The smallest absolute Gasteiger partial charge is 0.270 e. The number of benzene rings is 2. The molecule has 0 saturated carbocycles. The number of anilines is 2. The van der Waals surface area contributed by atoms with Crippen molar-refractivity contribution in [1.29, 1.82) is 0 Å². The molecule has 8 nitrogen and oxygen atoms in total. The molecule has 3 aromatic rings. The molecule has 2 amide bonds. The normalized spacial score (nSPS) is 16.0. The number of nitrogens with zero attached hydrogens (tertiary/aromatic N) is 2. The highest BCUT2D eigenvalue weighted by atomic mass is 35.5. The van der Waals surface area contributed by atoms with E-state index in [2.05, 4.69) is 10.3 Å². The van der Waals surface area contributed by atoms with Crippen LogP contribution < -0.4 is 24.4 Å². The van der Waals surface area contributed by atoms with E-state index in [9.17, 15) is 9.59 Å². The Morgan fingerprint density at radius 2 is 1.91 bits per heavy atom. The van der Waals surface area contributed by atoms with Crippen molar-refractivity contribution in [3.63, 3.8) is 0 Å². The van der Waals surface area contributed by atoms with Crippen LogP contribution in [0.5, 0.6) is 17.2 Å². The second kappa shape index (κ2) is 8.81. The molecular formula is C24H22ClN3O5S. The predicted molar refractivity (Wildman–Crippen MR) is 130 cm³/mol. The van der Waals surface area contributed by atoms with Gasteiger partial charge in [-0.05, 0) is 50.2 Å². The highest BCUT2D eigenvalue weighted by molar-refractivity contribution is 7.14. The predicted octanol–water partition coefficient (Wildman–Crippen LogP) is 4.77. The second-order valence-electron chi connectivity index (χ2n) is 8.38. The lowest BCUT2D eigenvalue weighted by molar-refractivity contribution is -0.132. The van der Waals surface area contributed by atoms with Crippen molar-refractivity contribution in [2.75, 3.05) is 30.0 Å². The summed E-state index contributed by atoms with van der Waals surface area (Å²) in [5, 5.41) is 5.65. The summed E-state index contributed by atoms with van der Waals surface area (Å²) in [4.78, 5) is 31.7. The summed E-state index contributed by atoms with van der Waals surface area (Å²) >= 11 is 7.46. The third-order valence-electron chi connectivity index (χ3n) is 5.49. The third-order valence-corrected chi connectivity index (χ3v) is 6.48. The van der Waals surface area contributed by atoms with Crippen molar-refractivity contribution in [2.24, 2.45) is 0 Å². The first-order chi connectivity index (χ1) is 16.3. The van der Waals surface area contributed by atoms with Gasteiger partial charge < -0.3 is 24.4 Å². The van der Waals surface area contributed by atoms with E-state index >= 15 is 0 Å². The highest BCUT2D eigenvalue weighted by Gasteiger charge is 2.41. The minimum Gasteiger partial charge on any atom is -0.486 e. The molecule has 1 aromatic heterocycles. The van der Waals surface area contributed by atoms with E-state index in [-0.39, 0.29) is 24.8 Å². The average molecular weight is 500 g/mol. The number of aromatic nitrogens is 1. The van der Waals surface area contributed by atoms with Crippen molar-refractivity contribution < 1.29 is 23.8 Å². The Labute approximate surface area is 205 Å². The van der Waals surface area contributed by atoms with Crippen LogP contribution in [0.1, 0.15) is 20.3 Å². The number of hydrogen-bond acceptors (Lipinski definition) is 7. The van der Waals surface area contributed by atoms with E-state index < -0.39 is 5.60 Å². The standard InChI is InChI=1S/C24H22ClN3O5S/c1-24(2)22(30)28(17-12-15(25)4-6-18(17)33-24)8-7-21(29)27-23-26-16(13-34-23)14-3-5-19-20(11-14)32-10-9-31-19/h3-6,11-13H,7-10H2,1-2H3,(H,26,27,29). The molecule has 34 heavy (non-hydrogen) atoms. The Bertz CT molecular complexity index is 1280. The van der Waals surface area contributed by atoms with Crippen LogP contribution in [0.3, 0.4) is 0 Å². The minimum absolute atomic E-state index is 0.0900. The molecule has 0 saturated heterocycles. The zero-order valence-corrected chi connectivity index (χ0v) is 20.2. The molecule has 0 atom stereocenters. The number of thiazole rings is 1. The zero-order chi connectivity index (χ0) is 23.9. The van der Waals surface area contributed by atoms with Crippen molar-refractivity contribution in [2.45, 2.75) is 25.9 Å². The van der Waals surface area contributed by atoms with Crippen LogP contribution in [0.4, 0.5) is 10.8 Å². The van der Waals surface area contributed by atoms with Gasteiger partial charge in [-0.1, -0.05) is 11.6 Å². The molecule has 176 valence electrons. The Morgan fingerprint density at radius 3 is 2.74 bits per heavy atom. The van der Waals surface area contributed by atoms with Gasteiger partial charge in [0.1, 0.15) is 19.0 Å². The molecule has 2 aromatic carbocycles. The molecule has 0 fully saturated rings. The lowest BCUT2D eigenvalue weighted by atomic mass is 10.0. The molecular weight excluding hydrogens is 478 g/mol. The summed E-state index contributed by atoms with van der Waals surface area (Å²) in [6.45, 7) is 4.63. The number of amides is 2. The minimum atomic E-state index is -1.04. The lowest BCUT2D eigenvalue weighted by Crippen LogP contribution is -2.53. The summed E-state index contributed by atoms with van der Waals surface area (Å²) in [5.74, 6) is 1.47. The molecule has 10 heteroatoms. The molecule has 2 aliphatic rings. The van der Waals surface area contributed by atoms with Gasteiger partial charge in [0.25, 0.3) is 5.91 Å². The number of nitrogens with one attached hydrogen (secondary N) is 1. The van der Waals surface area contributed by atoms with Crippen molar-refractivity contribution in [1.82, 2.24) is 4.98 Å². The number of carbonyl (C=O) groups is 2. The summed E-state index contributed by atoms with van der Waals surface area (Å²) in [6.07, 6.45) is 0.0900. The quantitative estimate of drug-likeness (QED) is 0.544. The molecule has 0 bridgehead atoms. The van der Waals surface area contributed by atoms with E-state index in [1.807, 2.05) is 23.6 Å². The van der Waals surface area contributed by atoms with E-state index in [0.717, 1.165) is 11.3 Å². The molecule has 0 unspecified atom stereocenters. The molecule has 1 N–H and O–H groups in total. The van der Waals surface area contributed by atoms with Crippen LogP contribution in [0.15, 0.2) is 41.8 Å². The molecule has 5 rings (SSSR count). The van der Waals surface area contributed by atoms with Crippen LogP contribution >= 0.6 is 22.9 Å². The summed E-state index contributed by atoms with van der Waals surface area (Å²) in [7, 11) is 0. The highest BCUT2D eigenvalue weighted by Crippen LogP contribution is 2.39. The van der Waals surface area contributed by atoms with Crippen molar-refractivity contribution >= 4 is 45.6 Å². The molecule has 3 heterocycles. The third kappa shape index (κ3) is 4.41. The van der Waals surface area contributed by atoms with Crippen LogP contribution in [0.25, 0.3) is 11.3 Å². The second-order valence-corrected chi connectivity index (χ2v) is 9.67. The van der Waals surface area contributed by atoms with Gasteiger partial charge in [-0.15, -0.1) is 11.3 Å². The van der Waals surface area contributed by atoms with Gasteiger partial charge in [0, 0.05) is 28.9 Å². The molecule has 0 radical (unpaired) electrons.